The lowest BCUT2D eigenvalue weighted by Crippen LogP contribution is -2.40. The molecule has 1 aromatic carbocycles. The standard InChI is InChI=1S/C16H24N4O6/c1-19(2)8-4-7-17-13(16(22)23)10-15(21)18-12-6-5-11(20(24)25)9-14(12)26-3/h5-6,9,13,17H,4,7-8,10H2,1-3H3,(H,18,21)(H,22,23). The van der Waals surface area contributed by atoms with Gasteiger partial charge in [-0.15, -0.1) is 0 Å². The Balaban J connectivity index is 2.67. The zero-order valence-corrected chi connectivity index (χ0v) is 15.0. The minimum Gasteiger partial charge on any atom is -0.494 e. The molecule has 1 unspecified atom stereocenters. The number of benzene rings is 1. The van der Waals surface area contributed by atoms with Crippen molar-refractivity contribution in [3.8, 4) is 5.75 Å². The van der Waals surface area contributed by atoms with Gasteiger partial charge < -0.3 is 25.4 Å². The molecule has 144 valence electrons. The molecule has 0 aromatic heterocycles. The van der Waals surface area contributed by atoms with Gasteiger partial charge in [0.2, 0.25) is 5.91 Å². The van der Waals surface area contributed by atoms with Crippen molar-refractivity contribution in [1.29, 1.82) is 0 Å². The van der Waals surface area contributed by atoms with E-state index in [1.807, 2.05) is 19.0 Å². The number of hydrogen-bond donors (Lipinski definition) is 3. The van der Waals surface area contributed by atoms with Crippen molar-refractivity contribution in [3.05, 3.63) is 28.3 Å². The maximum atomic E-state index is 12.1. The van der Waals surface area contributed by atoms with Crippen LogP contribution in [0.15, 0.2) is 18.2 Å². The number of nitro groups is 1. The number of carboxylic acids is 1. The third-order valence-corrected chi connectivity index (χ3v) is 3.53. The van der Waals surface area contributed by atoms with Crippen molar-refractivity contribution in [2.45, 2.75) is 18.9 Å². The summed E-state index contributed by atoms with van der Waals surface area (Å²) in [7, 11) is 5.15. The maximum absolute atomic E-state index is 12.1. The average molecular weight is 368 g/mol. The van der Waals surface area contributed by atoms with Gasteiger partial charge in [-0.3, -0.25) is 19.7 Å². The van der Waals surface area contributed by atoms with E-state index in [-0.39, 0.29) is 23.5 Å². The largest absolute Gasteiger partial charge is 0.494 e. The Labute approximate surface area is 151 Å². The van der Waals surface area contributed by atoms with Crippen LogP contribution in [0.5, 0.6) is 5.75 Å². The Bertz CT molecular complexity index is 650. The summed E-state index contributed by atoms with van der Waals surface area (Å²) in [4.78, 5) is 35.6. The molecule has 0 aliphatic rings. The second-order valence-corrected chi connectivity index (χ2v) is 5.90. The van der Waals surface area contributed by atoms with Crippen molar-refractivity contribution >= 4 is 23.3 Å². The van der Waals surface area contributed by atoms with Crippen LogP contribution in [0.3, 0.4) is 0 Å². The van der Waals surface area contributed by atoms with E-state index in [2.05, 4.69) is 10.6 Å². The topological polar surface area (TPSA) is 134 Å². The Kier molecular flexibility index (Phi) is 8.46. The van der Waals surface area contributed by atoms with Gasteiger partial charge in [-0.1, -0.05) is 0 Å². The molecule has 0 bridgehead atoms. The molecule has 1 aromatic rings. The van der Waals surface area contributed by atoms with Gasteiger partial charge in [0.25, 0.3) is 5.69 Å². The van der Waals surface area contributed by atoms with Crippen molar-refractivity contribution in [2.24, 2.45) is 0 Å². The van der Waals surface area contributed by atoms with Crippen LogP contribution in [0.2, 0.25) is 0 Å². The fourth-order valence-electron chi connectivity index (χ4n) is 2.20. The summed E-state index contributed by atoms with van der Waals surface area (Å²) in [5, 5.41) is 25.4. The summed E-state index contributed by atoms with van der Waals surface area (Å²) in [5.74, 6) is -1.54. The second kappa shape index (κ2) is 10.3. The van der Waals surface area contributed by atoms with Crippen LogP contribution in [0.4, 0.5) is 11.4 Å². The zero-order valence-electron chi connectivity index (χ0n) is 15.0. The van der Waals surface area contributed by atoms with Gasteiger partial charge >= 0.3 is 5.97 Å². The van der Waals surface area contributed by atoms with Gasteiger partial charge in [-0.25, -0.2) is 0 Å². The second-order valence-electron chi connectivity index (χ2n) is 5.90. The summed E-state index contributed by atoms with van der Waals surface area (Å²) in [6.45, 7) is 1.26. The molecule has 0 fully saturated rings. The number of methoxy groups -OCH3 is 1. The Hall–Kier alpha value is -2.72. The highest BCUT2D eigenvalue weighted by Gasteiger charge is 2.21. The first-order valence-electron chi connectivity index (χ1n) is 7.97. The predicted molar refractivity (Wildman–Crippen MR) is 95.5 cm³/mol. The number of ether oxygens (including phenoxy) is 1. The first-order valence-corrected chi connectivity index (χ1v) is 7.97. The molecule has 3 N–H and O–H groups in total. The number of nitrogens with one attached hydrogen (secondary N) is 2. The predicted octanol–water partition coefficient (Wildman–Crippen LogP) is 0.927. The number of rotatable bonds is 11. The highest BCUT2D eigenvalue weighted by atomic mass is 16.6. The first-order chi connectivity index (χ1) is 12.2. The number of anilines is 1. The normalized spacial score (nSPS) is 11.8. The molecule has 0 saturated heterocycles. The lowest BCUT2D eigenvalue weighted by molar-refractivity contribution is -0.384. The molecule has 0 heterocycles. The summed E-state index contributed by atoms with van der Waals surface area (Å²) >= 11 is 0. The average Bonchev–Trinajstić information content (AvgIpc) is 2.57. The number of hydrogen-bond acceptors (Lipinski definition) is 7. The van der Waals surface area contributed by atoms with E-state index < -0.39 is 22.8 Å². The quantitative estimate of drug-likeness (QED) is 0.298. The van der Waals surface area contributed by atoms with E-state index in [0.29, 0.717) is 6.54 Å². The molecule has 1 amide bonds. The highest BCUT2D eigenvalue weighted by Crippen LogP contribution is 2.29. The number of aliphatic carboxylic acids is 1. The zero-order chi connectivity index (χ0) is 19.7. The lowest BCUT2D eigenvalue weighted by atomic mass is 10.2. The SMILES string of the molecule is COc1cc([N+](=O)[O-])ccc1NC(=O)CC(NCCCN(C)C)C(=O)O. The third-order valence-electron chi connectivity index (χ3n) is 3.53. The maximum Gasteiger partial charge on any atom is 0.321 e. The molecule has 26 heavy (non-hydrogen) atoms. The van der Waals surface area contributed by atoms with Crippen molar-refractivity contribution in [3.63, 3.8) is 0 Å². The summed E-state index contributed by atoms with van der Waals surface area (Å²) < 4.78 is 5.04. The summed E-state index contributed by atoms with van der Waals surface area (Å²) in [5.41, 5.74) is 0.0608. The smallest absolute Gasteiger partial charge is 0.321 e. The minimum absolute atomic E-state index is 0.123. The van der Waals surface area contributed by atoms with Crippen LogP contribution in [-0.4, -0.2) is 67.1 Å². The van der Waals surface area contributed by atoms with Crippen LogP contribution in [0.1, 0.15) is 12.8 Å². The monoisotopic (exact) mass is 368 g/mol. The fraction of sp³-hybridized carbons (Fsp3) is 0.500. The van der Waals surface area contributed by atoms with Gasteiger partial charge in [0.15, 0.2) is 0 Å². The Morgan fingerprint density at radius 2 is 2.08 bits per heavy atom. The molecule has 0 radical (unpaired) electrons. The number of amides is 1. The summed E-state index contributed by atoms with van der Waals surface area (Å²) in [6, 6.07) is 2.73. The third kappa shape index (κ3) is 7.03. The van der Waals surface area contributed by atoms with E-state index in [0.717, 1.165) is 13.0 Å². The van der Waals surface area contributed by atoms with Gasteiger partial charge in [0.05, 0.1) is 30.2 Å². The summed E-state index contributed by atoms with van der Waals surface area (Å²) in [6.07, 6.45) is 0.464. The van der Waals surface area contributed by atoms with Crippen LogP contribution in [0.25, 0.3) is 0 Å². The van der Waals surface area contributed by atoms with Gasteiger partial charge in [0.1, 0.15) is 11.8 Å². The lowest BCUT2D eigenvalue weighted by Gasteiger charge is -2.16. The molecule has 1 rings (SSSR count). The Morgan fingerprint density at radius 1 is 1.38 bits per heavy atom. The van der Waals surface area contributed by atoms with Crippen LogP contribution < -0.4 is 15.4 Å². The highest BCUT2D eigenvalue weighted by molar-refractivity contribution is 5.95. The first kappa shape index (κ1) is 21.3. The van der Waals surface area contributed by atoms with Crippen molar-refractivity contribution in [1.82, 2.24) is 10.2 Å². The molecule has 1 atom stereocenters. The van der Waals surface area contributed by atoms with E-state index in [9.17, 15) is 24.8 Å². The minimum atomic E-state index is -1.12. The number of carboxylic acid groups (broad SMARTS) is 1. The van der Waals surface area contributed by atoms with Gasteiger partial charge in [-0.2, -0.15) is 0 Å². The number of nitro benzene ring substituents is 1. The molecule has 0 saturated carbocycles. The number of carbonyl (C=O) groups is 2. The van der Waals surface area contributed by atoms with Crippen molar-refractivity contribution in [2.75, 3.05) is 39.6 Å². The Morgan fingerprint density at radius 3 is 2.62 bits per heavy atom. The fourth-order valence-corrected chi connectivity index (χ4v) is 2.20. The molecular weight excluding hydrogens is 344 g/mol. The number of nitrogens with zero attached hydrogens (tertiary/aromatic N) is 2. The van der Waals surface area contributed by atoms with Crippen molar-refractivity contribution < 1.29 is 24.4 Å². The molecule has 0 aliphatic heterocycles. The van der Waals surface area contributed by atoms with Crippen LogP contribution in [-0.2, 0) is 9.59 Å². The molecular formula is C16H24N4O6. The molecule has 0 spiro atoms. The van der Waals surface area contributed by atoms with Crippen LogP contribution in [0, 0.1) is 10.1 Å². The van der Waals surface area contributed by atoms with Gasteiger partial charge in [0, 0.05) is 6.07 Å². The van der Waals surface area contributed by atoms with Crippen LogP contribution >= 0.6 is 0 Å². The number of carbonyl (C=O) groups excluding carboxylic acids is 1. The van der Waals surface area contributed by atoms with E-state index in [1.54, 1.807) is 0 Å². The number of non-ortho nitro benzene ring substituents is 1. The van der Waals surface area contributed by atoms with E-state index in [1.165, 1.54) is 25.3 Å². The molecule has 10 nitrogen and oxygen atoms in total. The van der Waals surface area contributed by atoms with E-state index in [4.69, 9.17) is 4.74 Å². The molecule has 0 aliphatic carbocycles. The van der Waals surface area contributed by atoms with Gasteiger partial charge in [-0.05, 0) is 39.7 Å². The van der Waals surface area contributed by atoms with E-state index >= 15 is 0 Å². The molecule has 10 heteroatoms.